The second-order valence-electron chi connectivity index (χ2n) is 6.36. The molecule has 3 aromatic carbocycles. The summed E-state index contributed by atoms with van der Waals surface area (Å²) in [6, 6.07) is 24.9. The molecule has 0 spiro atoms. The summed E-state index contributed by atoms with van der Waals surface area (Å²) >= 11 is 0. The molecule has 3 rings (SSSR count). The van der Waals surface area contributed by atoms with Crippen molar-refractivity contribution in [1.29, 1.82) is 0 Å². The molecule has 0 bridgehead atoms. The number of hydrogen-bond acceptors (Lipinski definition) is 4. The lowest BCUT2D eigenvalue weighted by molar-refractivity contribution is 0.0503. The molecule has 0 saturated carbocycles. The molecule has 0 radical (unpaired) electrons. The third-order valence-electron chi connectivity index (χ3n) is 4.33. The van der Waals surface area contributed by atoms with E-state index >= 15 is 0 Å². The molecule has 4 heteroatoms. The van der Waals surface area contributed by atoms with Crippen molar-refractivity contribution in [3.63, 3.8) is 0 Å². The third-order valence-corrected chi connectivity index (χ3v) is 4.33. The van der Waals surface area contributed by atoms with Gasteiger partial charge in [0.25, 0.3) is 0 Å². The van der Waals surface area contributed by atoms with Crippen LogP contribution < -0.4 is 4.74 Å². The summed E-state index contributed by atoms with van der Waals surface area (Å²) < 4.78 is 16.2. The van der Waals surface area contributed by atoms with Crippen molar-refractivity contribution in [1.82, 2.24) is 0 Å². The van der Waals surface area contributed by atoms with Crippen LogP contribution in [0.3, 0.4) is 0 Å². The van der Waals surface area contributed by atoms with E-state index in [0.29, 0.717) is 30.1 Å². The maximum Gasteiger partial charge on any atom is 0.196 e. The predicted octanol–water partition coefficient (Wildman–Crippen LogP) is 4.66. The zero-order valence-electron chi connectivity index (χ0n) is 16.0. The maximum absolute atomic E-state index is 12.8. The number of carbonyl (C=O) groups excluding carboxylic acids is 1. The van der Waals surface area contributed by atoms with Gasteiger partial charge >= 0.3 is 0 Å². The van der Waals surface area contributed by atoms with E-state index in [1.807, 2.05) is 54.6 Å². The summed E-state index contributed by atoms with van der Waals surface area (Å²) in [4.78, 5) is 12.8. The van der Waals surface area contributed by atoms with Crippen LogP contribution >= 0.6 is 0 Å². The van der Waals surface area contributed by atoms with Gasteiger partial charge in [-0.15, -0.1) is 0 Å². The summed E-state index contributed by atoms with van der Waals surface area (Å²) in [7, 11) is 1.55. The van der Waals surface area contributed by atoms with Gasteiger partial charge in [-0.1, -0.05) is 66.7 Å². The summed E-state index contributed by atoms with van der Waals surface area (Å²) in [5.41, 5.74) is 3.45. The molecular formula is C24H24O4. The first-order valence-electron chi connectivity index (χ1n) is 9.24. The highest BCUT2D eigenvalue weighted by Crippen LogP contribution is 2.22. The molecule has 0 heterocycles. The molecule has 0 fully saturated rings. The van der Waals surface area contributed by atoms with Crippen LogP contribution in [0.1, 0.15) is 27.0 Å². The van der Waals surface area contributed by atoms with Crippen LogP contribution in [0.4, 0.5) is 0 Å². The van der Waals surface area contributed by atoms with Gasteiger partial charge in [-0.05, 0) is 29.7 Å². The first-order valence-corrected chi connectivity index (χ1v) is 9.24. The van der Waals surface area contributed by atoms with Gasteiger partial charge < -0.3 is 14.2 Å². The van der Waals surface area contributed by atoms with Gasteiger partial charge in [0.1, 0.15) is 5.75 Å². The molecule has 144 valence electrons. The van der Waals surface area contributed by atoms with Gasteiger partial charge in [0.15, 0.2) is 12.6 Å². The molecule has 0 N–H and O–H groups in total. The van der Waals surface area contributed by atoms with E-state index in [1.54, 1.807) is 19.2 Å². The molecule has 3 aromatic rings. The number of para-hydroxylation sites is 1. The molecule has 28 heavy (non-hydrogen) atoms. The Kier molecular flexibility index (Phi) is 7.36. The lowest BCUT2D eigenvalue weighted by atomic mass is 10.0. The van der Waals surface area contributed by atoms with E-state index in [0.717, 1.165) is 17.5 Å². The normalized spacial score (nSPS) is 10.6. The summed E-state index contributed by atoms with van der Waals surface area (Å²) in [6.45, 7) is 1.34. The van der Waals surface area contributed by atoms with Gasteiger partial charge in [0, 0.05) is 12.7 Å². The summed E-state index contributed by atoms with van der Waals surface area (Å²) in [5.74, 6) is 0.450. The monoisotopic (exact) mass is 376 g/mol. The quantitative estimate of drug-likeness (QED) is 0.293. The van der Waals surface area contributed by atoms with Gasteiger partial charge in [0.05, 0.1) is 18.8 Å². The van der Waals surface area contributed by atoms with Crippen LogP contribution in [0, 0.1) is 0 Å². The second-order valence-corrected chi connectivity index (χ2v) is 6.36. The molecule has 0 aliphatic rings. The second kappa shape index (κ2) is 10.4. The highest BCUT2D eigenvalue weighted by Gasteiger charge is 2.14. The average molecular weight is 376 g/mol. The smallest absolute Gasteiger partial charge is 0.196 e. The Labute approximate surface area is 165 Å². The van der Waals surface area contributed by atoms with Crippen LogP contribution in [-0.4, -0.2) is 26.3 Å². The van der Waals surface area contributed by atoms with E-state index in [9.17, 15) is 4.79 Å². The minimum Gasteiger partial charge on any atom is -0.467 e. The Morgan fingerprint density at radius 2 is 1.54 bits per heavy atom. The van der Waals surface area contributed by atoms with E-state index in [-0.39, 0.29) is 12.6 Å². The fourth-order valence-corrected chi connectivity index (χ4v) is 2.84. The summed E-state index contributed by atoms with van der Waals surface area (Å²) in [5, 5.41) is 0. The van der Waals surface area contributed by atoms with Crippen molar-refractivity contribution in [2.24, 2.45) is 0 Å². The zero-order chi connectivity index (χ0) is 19.6. The van der Waals surface area contributed by atoms with E-state index in [2.05, 4.69) is 12.1 Å². The fourth-order valence-electron chi connectivity index (χ4n) is 2.84. The van der Waals surface area contributed by atoms with Crippen molar-refractivity contribution >= 4 is 5.78 Å². The number of rotatable bonds is 10. The molecule has 4 nitrogen and oxygen atoms in total. The minimum absolute atomic E-state index is 0.0708. The highest BCUT2D eigenvalue weighted by molar-refractivity contribution is 6.10. The van der Waals surface area contributed by atoms with Crippen molar-refractivity contribution in [3.05, 3.63) is 101 Å². The van der Waals surface area contributed by atoms with Crippen LogP contribution in [0.25, 0.3) is 0 Å². The Morgan fingerprint density at radius 1 is 0.821 bits per heavy atom. The zero-order valence-corrected chi connectivity index (χ0v) is 16.0. The molecule has 0 unspecified atom stereocenters. The number of methoxy groups -OCH3 is 1. The highest BCUT2D eigenvalue weighted by atomic mass is 16.7. The third kappa shape index (κ3) is 5.52. The lowest BCUT2D eigenvalue weighted by Crippen LogP contribution is -2.07. The maximum atomic E-state index is 12.8. The van der Waals surface area contributed by atoms with Crippen LogP contribution in [0.5, 0.6) is 5.75 Å². The Bertz CT molecular complexity index is 873. The predicted molar refractivity (Wildman–Crippen MR) is 109 cm³/mol. The van der Waals surface area contributed by atoms with Crippen LogP contribution in [-0.2, 0) is 22.5 Å². The number of ether oxygens (including phenoxy) is 3. The molecule has 0 aliphatic heterocycles. The summed E-state index contributed by atoms with van der Waals surface area (Å²) in [6.07, 6.45) is 0.800. The number of ketones is 1. The average Bonchev–Trinajstić information content (AvgIpc) is 2.76. The van der Waals surface area contributed by atoms with Crippen molar-refractivity contribution < 1.29 is 19.0 Å². The topological polar surface area (TPSA) is 44.8 Å². The number of benzene rings is 3. The van der Waals surface area contributed by atoms with Gasteiger partial charge in [0.2, 0.25) is 0 Å². The Morgan fingerprint density at radius 3 is 2.29 bits per heavy atom. The Hall–Kier alpha value is -2.95. The number of hydrogen-bond donors (Lipinski definition) is 0. The Balaban J connectivity index is 1.56. The molecule has 0 aromatic heterocycles. The van der Waals surface area contributed by atoms with Crippen molar-refractivity contribution in [3.8, 4) is 5.75 Å². The van der Waals surface area contributed by atoms with E-state index in [4.69, 9.17) is 14.2 Å². The van der Waals surface area contributed by atoms with Crippen molar-refractivity contribution in [2.45, 2.75) is 13.0 Å². The molecule has 0 aliphatic carbocycles. The van der Waals surface area contributed by atoms with Crippen LogP contribution in [0.15, 0.2) is 78.9 Å². The molecular weight excluding hydrogens is 352 g/mol. The van der Waals surface area contributed by atoms with Crippen LogP contribution in [0.2, 0.25) is 0 Å². The first-order chi connectivity index (χ1) is 13.8. The first kappa shape index (κ1) is 19.8. The standard InChI is InChI=1S/C24H24O4/c1-26-18-28-23-10-6-5-9-22(23)24(25)21-13-11-19(12-14-21)15-16-27-17-20-7-3-2-4-8-20/h2-14H,15-18H2,1H3. The molecule has 0 amide bonds. The van der Waals surface area contributed by atoms with Crippen molar-refractivity contribution in [2.75, 3.05) is 20.5 Å². The van der Waals surface area contributed by atoms with E-state index in [1.165, 1.54) is 0 Å². The van der Waals surface area contributed by atoms with E-state index < -0.39 is 0 Å². The number of carbonyl (C=O) groups is 1. The largest absolute Gasteiger partial charge is 0.467 e. The molecule has 0 saturated heterocycles. The van der Waals surface area contributed by atoms with Gasteiger partial charge in [-0.3, -0.25) is 4.79 Å². The van der Waals surface area contributed by atoms with Gasteiger partial charge in [-0.25, -0.2) is 0 Å². The molecule has 0 atom stereocenters. The minimum atomic E-state index is -0.0708. The fraction of sp³-hybridized carbons (Fsp3) is 0.208. The lowest BCUT2D eigenvalue weighted by Gasteiger charge is -2.10. The van der Waals surface area contributed by atoms with Gasteiger partial charge in [-0.2, -0.15) is 0 Å². The SMILES string of the molecule is COCOc1ccccc1C(=O)c1ccc(CCOCc2ccccc2)cc1.